The first-order valence-corrected chi connectivity index (χ1v) is 10.0. The quantitative estimate of drug-likeness (QED) is 0.893. The topological polar surface area (TPSA) is 76.4 Å². The van der Waals surface area contributed by atoms with Crippen LogP contribution in [0.25, 0.3) is 0 Å². The Balaban J connectivity index is 2.05. The first-order valence-electron chi connectivity index (χ1n) is 8.19. The van der Waals surface area contributed by atoms with E-state index in [0.717, 1.165) is 17.9 Å². The van der Waals surface area contributed by atoms with Crippen LogP contribution in [0.4, 0.5) is 0 Å². The third-order valence-electron chi connectivity index (χ3n) is 4.29. The average molecular weight is 341 g/mol. The third kappa shape index (κ3) is 4.83. The normalized spacial score (nSPS) is 22.0. The molecule has 2 rings (SSSR count). The van der Waals surface area contributed by atoms with Crippen LogP contribution in [0.3, 0.4) is 0 Å². The second-order valence-corrected chi connectivity index (χ2v) is 9.73. The van der Waals surface area contributed by atoms with Crippen LogP contribution in [0, 0.1) is 11.3 Å². The number of carbonyl (C=O) groups is 1. The van der Waals surface area contributed by atoms with Gasteiger partial charge in [-0.3, -0.25) is 4.79 Å². The van der Waals surface area contributed by atoms with Gasteiger partial charge in [-0.2, -0.15) is 0 Å². The molecule has 0 unspecified atom stereocenters. The van der Waals surface area contributed by atoms with E-state index in [-0.39, 0.29) is 41.2 Å². The molecule has 130 valence electrons. The fourth-order valence-corrected chi connectivity index (χ4v) is 4.83. The lowest BCUT2D eigenvalue weighted by Crippen LogP contribution is -2.37. The Morgan fingerprint density at radius 3 is 2.57 bits per heavy atom. The van der Waals surface area contributed by atoms with Gasteiger partial charge >= 0.3 is 0 Å². The van der Waals surface area contributed by atoms with Crippen molar-refractivity contribution >= 4 is 15.7 Å². The molecule has 2 atom stereocenters. The number of sulfone groups is 1. The molecular weight excluding hydrogens is 314 g/mol. The largest absolute Gasteiger partial charge is 0.464 e. The van der Waals surface area contributed by atoms with Gasteiger partial charge in [-0.15, -0.1) is 0 Å². The molecule has 5 nitrogen and oxygen atoms in total. The highest BCUT2D eigenvalue weighted by molar-refractivity contribution is 7.91. The highest BCUT2D eigenvalue weighted by Gasteiger charge is 2.33. The summed E-state index contributed by atoms with van der Waals surface area (Å²) in [7, 11) is -2.95. The zero-order valence-corrected chi connectivity index (χ0v) is 15.2. The molecule has 1 N–H and O–H groups in total. The summed E-state index contributed by atoms with van der Waals surface area (Å²) in [6, 6.07) is 3.62. The number of aryl methyl sites for hydroxylation is 1. The summed E-state index contributed by atoms with van der Waals surface area (Å²) in [5.74, 6) is 1.80. The van der Waals surface area contributed by atoms with Crippen LogP contribution in [-0.2, 0) is 21.1 Å². The molecule has 0 saturated carbocycles. The second kappa shape index (κ2) is 6.67. The molecule has 0 aliphatic carbocycles. The van der Waals surface area contributed by atoms with Crippen molar-refractivity contribution < 1.29 is 17.6 Å². The van der Waals surface area contributed by atoms with E-state index in [4.69, 9.17) is 4.42 Å². The molecule has 0 bridgehead atoms. The van der Waals surface area contributed by atoms with Gasteiger partial charge in [-0.1, -0.05) is 27.7 Å². The zero-order chi connectivity index (χ0) is 17.3. The van der Waals surface area contributed by atoms with Crippen molar-refractivity contribution in [3.63, 3.8) is 0 Å². The van der Waals surface area contributed by atoms with Gasteiger partial charge in [-0.25, -0.2) is 8.42 Å². The molecule has 0 spiro atoms. The Hall–Kier alpha value is -1.30. The molecule has 23 heavy (non-hydrogen) atoms. The summed E-state index contributed by atoms with van der Waals surface area (Å²) < 4.78 is 28.8. The maximum absolute atomic E-state index is 12.4. The maximum Gasteiger partial charge on any atom is 0.220 e. The first kappa shape index (κ1) is 18.0. The summed E-state index contributed by atoms with van der Waals surface area (Å²) in [4.78, 5) is 12.4. The minimum atomic E-state index is -2.95. The van der Waals surface area contributed by atoms with Gasteiger partial charge in [0.2, 0.25) is 5.91 Å². The predicted molar refractivity (Wildman–Crippen MR) is 89.8 cm³/mol. The SMILES string of the molecule is CCc1ccc([C@@H](NC(=O)C[C@@H]2CCS(=O)(=O)C2)C(C)(C)C)o1. The number of hydrogen-bond donors (Lipinski definition) is 1. The summed E-state index contributed by atoms with van der Waals surface area (Å²) in [5.41, 5.74) is -0.194. The lowest BCUT2D eigenvalue weighted by atomic mass is 9.85. The lowest BCUT2D eigenvalue weighted by molar-refractivity contribution is -0.123. The number of amides is 1. The fraction of sp³-hybridized carbons (Fsp3) is 0.706. The van der Waals surface area contributed by atoms with Crippen LogP contribution in [0.1, 0.15) is 58.1 Å². The highest BCUT2D eigenvalue weighted by atomic mass is 32.2. The summed E-state index contributed by atoms with van der Waals surface area (Å²) in [6.07, 6.45) is 1.65. The van der Waals surface area contributed by atoms with Crippen LogP contribution in [0.15, 0.2) is 16.5 Å². The van der Waals surface area contributed by atoms with Gasteiger partial charge < -0.3 is 9.73 Å². The van der Waals surface area contributed by atoms with Gasteiger partial charge in [-0.05, 0) is 29.9 Å². The summed E-state index contributed by atoms with van der Waals surface area (Å²) in [6.45, 7) is 8.16. The summed E-state index contributed by atoms with van der Waals surface area (Å²) >= 11 is 0. The number of carbonyl (C=O) groups excluding carboxylic acids is 1. The Morgan fingerprint density at radius 2 is 2.09 bits per heavy atom. The Bertz CT molecular complexity index is 654. The molecule has 0 radical (unpaired) electrons. The molecule has 1 amide bonds. The average Bonchev–Trinajstić information content (AvgIpc) is 3.01. The van der Waals surface area contributed by atoms with Crippen molar-refractivity contribution in [3.05, 3.63) is 23.7 Å². The van der Waals surface area contributed by atoms with Gasteiger partial charge in [0.15, 0.2) is 9.84 Å². The van der Waals surface area contributed by atoms with Crippen LogP contribution in [0.2, 0.25) is 0 Å². The van der Waals surface area contributed by atoms with E-state index in [1.165, 1.54) is 0 Å². The molecule has 2 heterocycles. The van der Waals surface area contributed by atoms with Gasteiger partial charge in [0.05, 0.1) is 17.5 Å². The number of nitrogens with one attached hydrogen (secondary N) is 1. The van der Waals surface area contributed by atoms with Gasteiger partial charge in [0.25, 0.3) is 0 Å². The van der Waals surface area contributed by atoms with E-state index in [1.807, 2.05) is 39.8 Å². The number of rotatable bonds is 5. The van der Waals surface area contributed by atoms with Crippen molar-refractivity contribution in [2.24, 2.45) is 11.3 Å². The molecule has 1 aromatic heterocycles. The Labute approximate surface area is 138 Å². The van der Waals surface area contributed by atoms with Crippen LogP contribution >= 0.6 is 0 Å². The third-order valence-corrected chi connectivity index (χ3v) is 6.12. The van der Waals surface area contributed by atoms with Crippen LogP contribution in [0.5, 0.6) is 0 Å². The van der Waals surface area contributed by atoms with Crippen molar-refractivity contribution in [1.82, 2.24) is 5.32 Å². The predicted octanol–water partition coefficient (Wildman–Crippen LogP) is 2.87. The van der Waals surface area contributed by atoms with E-state index in [1.54, 1.807) is 0 Å². The molecule has 1 aliphatic heterocycles. The first-order chi connectivity index (χ1) is 10.6. The number of hydrogen-bond acceptors (Lipinski definition) is 4. The molecule has 1 saturated heterocycles. The molecule has 1 fully saturated rings. The van der Waals surface area contributed by atoms with Crippen molar-refractivity contribution in [2.75, 3.05) is 11.5 Å². The molecule has 0 aromatic carbocycles. The van der Waals surface area contributed by atoms with E-state index in [9.17, 15) is 13.2 Å². The molecular formula is C17H27NO4S. The van der Waals surface area contributed by atoms with Gasteiger partial charge in [0.1, 0.15) is 11.5 Å². The fourth-order valence-electron chi connectivity index (χ4n) is 2.97. The van der Waals surface area contributed by atoms with E-state index in [2.05, 4.69) is 5.32 Å². The van der Waals surface area contributed by atoms with Crippen molar-refractivity contribution in [3.8, 4) is 0 Å². The van der Waals surface area contributed by atoms with Crippen LogP contribution in [-0.4, -0.2) is 25.8 Å². The van der Waals surface area contributed by atoms with Gasteiger partial charge in [0, 0.05) is 12.8 Å². The second-order valence-electron chi connectivity index (χ2n) is 7.50. The highest BCUT2D eigenvalue weighted by Crippen LogP contribution is 2.34. The maximum atomic E-state index is 12.4. The number of furan rings is 1. The molecule has 1 aliphatic rings. The molecule has 1 aromatic rings. The summed E-state index contributed by atoms with van der Waals surface area (Å²) in [5, 5.41) is 3.04. The smallest absolute Gasteiger partial charge is 0.220 e. The van der Waals surface area contributed by atoms with Crippen molar-refractivity contribution in [2.45, 2.75) is 53.0 Å². The Kier molecular flexibility index (Phi) is 5.23. The standard InChI is InChI=1S/C17H27NO4S/c1-5-13-6-7-14(22-13)16(17(2,3)4)18-15(19)10-12-8-9-23(20,21)11-12/h6-7,12,16H,5,8-11H2,1-4H3,(H,18,19)/t12-,16+/m0/s1. The van der Waals surface area contributed by atoms with E-state index < -0.39 is 9.84 Å². The van der Waals surface area contributed by atoms with Crippen LogP contribution < -0.4 is 5.32 Å². The lowest BCUT2D eigenvalue weighted by Gasteiger charge is -2.30. The monoisotopic (exact) mass is 341 g/mol. The zero-order valence-electron chi connectivity index (χ0n) is 14.4. The minimum Gasteiger partial charge on any atom is -0.464 e. The van der Waals surface area contributed by atoms with Crippen molar-refractivity contribution in [1.29, 1.82) is 0 Å². The minimum absolute atomic E-state index is 0.0663. The Morgan fingerprint density at radius 1 is 1.39 bits per heavy atom. The van der Waals surface area contributed by atoms with E-state index >= 15 is 0 Å². The van der Waals surface area contributed by atoms with E-state index in [0.29, 0.717) is 6.42 Å². The molecule has 6 heteroatoms.